The molecule has 0 spiro atoms. The van der Waals surface area contributed by atoms with Crippen molar-refractivity contribution in [2.45, 2.75) is 4.90 Å². The summed E-state index contributed by atoms with van der Waals surface area (Å²) in [6.07, 6.45) is 0. The van der Waals surface area contributed by atoms with E-state index in [-0.39, 0.29) is 15.7 Å². The molecule has 0 unspecified atom stereocenters. The van der Waals surface area contributed by atoms with E-state index in [1.807, 2.05) is 4.72 Å². The van der Waals surface area contributed by atoms with Gasteiger partial charge in [-0.3, -0.25) is 4.72 Å². The fourth-order valence-electron chi connectivity index (χ4n) is 1.48. The summed E-state index contributed by atoms with van der Waals surface area (Å²) >= 11 is 11.1. The average Bonchev–Trinajstić information content (AvgIpc) is 2.34. The van der Waals surface area contributed by atoms with Gasteiger partial charge >= 0.3 is 0 Å². The van der Waals surface area contributed by atoms with Crippen LogP contribution < -0.4 is 4.72 Å². The van der Waals surface area contributed by atoms with Gasteiger partial charge in [-0.2, -0.15) is 0 Å². The minimum atomic E-state index is -4.28. The lowest BCUT2D eigenvalue weighted by atomic mass is 10.3. The highest BCUT2D eigenvalue weighted by molar-refractivity contribution is 7.92. The Kier molecular flexibility index (Phi) is 4.17. The Bertz CT molecular complexity index is 766. The van der Waals surface area contributed by atoms with E-state index < -0.39 is 26.6 Å². The number of rotatable bonds is 3. The summed E-state index contributed by atoms with van der Waals surface area (Å²) in [4.78, 5) is -0.638. The summed E-state index contributed by atoms with van der Waals surface area (Å²) in [5.41, 5.74) is -0.369. The normalized spacial score (nSPS) is 11.4. The molecule has 0 heterocycles. The van der Waals surface area contributed by atoms with Crippen molar-refractivity contribution in [2.75, 3.05) is 4.72 Å². The van der Waals surface area contributed by atoms with Gasteiger partial charge in [0, 0.05) is 5.02 Å². The minimum absolute atomic E-state index is 0.0513. The number of sulfonamides is 1. The lowest BCUT2D eigenvalue weighted by Crippen LogP contribution is -2.15. The Balaban J connectivity index is 2.44. The summed E-state index contributed by atoms with van der Waals surface area (Å²) in [6, 6.07) is 6.85. The van der Waals surface area contributed by atoms with Crippen molar-refractivity contribution < 1.29 is 17.2 Å². The molecule has 20 heavy (non-hydrogen) atoms. The molecular formula is C12H7Cl2F2NO2S. The van der Waals surface area contributed by atoms with Crippen molar-refractivity contribution >= 4 is 38.9 Å². The van der Waals surface area contributed by atoms with E-state index in [2.05, 4.69) is 0 Å². The predicted molar refractivity (Wildman–Crippen MR) is 73.6 cm³/mol. The first-order valence-electron chi connectivity index (χ1n) is 5.23. The van der Waals surface area contributed by atoms with E-state index in [0.717, 1.165) is 12.1 Å². The molecule has 0 fully saturated rings. The van der Waals surface area contributed by atoms with Crippen molar-refractivity contribution in [1.29, 1.82) is 0 Å². The maximum Gasteiger partial charge on any atom is 0.264 e. The van der Waals surface area contributed by atoms with Crippen molar-refractivity contribution in [3.8, 4) is 0 Å². The van der Waals surface area contributed by atoms with Crippen molar-refractivity contribution in [2.24, 2.45) is 0 Å². The van der Waals surface area contributed by atoms with Crippen molar-refractivity contribution in [3.63, 3.8) is 0 Å². The number of hydrogen-bond donors (Lipinski definition) is 1. The molecule has 106 valence electrons. The molecule has 0 aliphatic rings. The number of halogens is 4. The maximum absolute atomic E-state index is 13.6. The summed E-state index contributed by atoms with van der Waals surface area (Å²) < 4.78 is 53.2. The van der Waals surface area contributed by atoms with Crippen LogP contribution in [0.25, 0.3) is 0 Å². The topological polar surface area (TPSA) is 46.2 Å². The minimum Gasteiger partial charge on any atom is -0.277 e. The van der Waals surface area contributed by atoms with Crippen LogP contribution in [0.15, 0.2) is 41.3 Å². The number of hydrogen-bond acceptors (Lipinski definition) is 2. The second-order valence-corrected chi connectivity index (χ2v) is 6.28. The Morgan fingerprint density at radius 3 is 2.40 bits per heavy atom. The number of benzene rings is 2. The van der Waals surface area contributed by atoms with Gasteiger partial charge in [-0.25, -0.2) is 17.2 Å². The van der Waals surface area contributed by atoms with E-state index >= 15 is 0 Å². The Morgan fingerprint density at radius 2 is 1.75 bits per heavy atom. The maximum atomic E-state index is 13.6. The summed E-state index contributed by atoms with van der Waals surface area (Å²) in [5.74, 6) is -1.97. The molecule has 0 bridgehead atoms. The molecule has 0 aliphatic heterocycles. The molecule has 0 radical (unpaired) electrons. The van der Waals surface area contributed by atoms with Crippen LogP contribution in [0.2, 0.25) is 10.0 Å². The highest BCUT2D eigenvalue weighted by Crippen LogP contribution is 2.26. The molecule has 0 amide bonds. The Morgan fingerprint density at radius 1 is 1.05 bits per heavy atom. The van der Waals surface area contributed by atoms with Gasteiger partial charge in [0.2, 0.25) is 0 Å². The van der Waals surface area contributed by atoms with Gasteiger partial charge in [-0.15, -0.1) is 0 Å². The summed E-state index contributed by atoms with van der Waals surface area (Å²) in [7, 11) is -4.28. The molecule has 8 heteroatoms. The Labute approximate surface area is 124 Å². The first-order chi connectivity index (χ1) is 9.31. The zero-order chi connectivity index (χ0) is 14.9. The molecule has 1 N–H and O–H groups in total. The fraction of sp³-hybridized carbons (Fsp3) is 0. The van der Waals surface area contributed by atoms with Crippen molar-refractivity contribution in [1.82, 2.24) is 0 Å². The average molecular weight is 338 g/mol. The molecule has 0 aliphatic carbocycles. The van der Waals surface area contributed by atoms with Gasteiger partial charge in [-0.1, -0.05) is 29.3 Å². The Hall–Kier alpha value is -1.37. The molecule has 0 aromatic heterocycles. The van der Waals surface area contributed by atoms with E-state index in [9.17, 15) is 17.2 Å². The standard InChI is InChI=1S/C12H7Cl2F2NO2S/c13-7-4-5-11(9(15)6-7)20(18,19)17-10-3-1-2-8(14)12(10)16/h1-6,17H. The monoisotopic (exact) mass is 337 g/mol. The smallest absolute Gasteiger partial charge is 0.264 e. The van der Waals surface area contributed by atoms with Crippen molar-refractivity contribution in [3.05, 3.63) is 58.1 Å². The molecular weight excluding hydrogens is 331 g/mol. The third-order valence-corrected chi connectivity index (χ3v) is 4.31. The van der Waals surface area contributed by atoms with Crippen LogP contribution >= 0.6 is 23.2 Å². The fourth-order valence-corrected chi connectivity index (χ4v) is 2.93. The van der Waals surface area contributed by atoms with Gasteiger partial charge in [0.25, 0.3) is 10.0 Å². The highest BCUT2D eigenvalue weighted by Gasteiger charge is 2.21. The summed E-state index contributed by atoms with van der Waals surface area (Å²) in [6.45, 7) is 0. The second-order valence-electron chi connectivity index (χ2n) is 3.78. The molecule has 0 atom stereocenters. The molecule has 2 rings (SSSR count). The third-order valence-electron chi connectivity index (χ3n) is 2.38. The zero-order valence-electron chi connectivity index (χ0n) is 9.70. The van der Waals surface area contributed by atoms with Crippen LogP contribution in [0.5, 0.6) is 0 Å². The SMILES string of the molecule is O=S(=O)(Nc1cccc(Cl)c1F)c1ccc(Cl)cc1F. The van der Waals surface area contributed by atoms with Crippen LogP contribution in [0.4, 0.5) is 14.5 Å². The molecule has 0 saturated heterocycles. The zero-order valence-corrected chi connectivity index (χ0v) is 12.0. The van der Waals surface area contributed by atoms with Crippen LogP contribution in [0.3, 0.4) is 0 Å². The highest BCUT2D eigenvalue weighted by atomic mass is 35.5. The second kappa shape index (κ2) is 5.55. The molecule has 2 aromatic carbocycles. The van der Waals surface area contributed by atoms with Crippen LogP contribution in [0.1, 0.15) is 0 Å². The van der Waals surface area contributed by atoms with E-state index in [4.69, 9.17) is 23.2 Å². The molecule has 3 nitrogen and oxygen atoms in total. The molecule has 0 saturated carbocycles. The van der Waals surface area contributed by atoms with Crippen LogP contribution in [-0.4, -0.2) is 8.42 Å². The lowest BCUT2D eigenvalue weighted by Gasteiger charge is -2.10. The van der Waals surface area contributed by atoms with Crippen LogP contribution in [0, 0.1) is 11.6 Å². The first-order valence-corrected chi connectivity index (χ1v) is 7.47. The van der Waals surface area contributed by atoms with Gasteiger partial charge in [0.15, 0.2) is 5.82 Å². The van der Waals surface area contributed by atoms with Gasteiger partial charge in [-0.05, 0) is 30.3 Å². The number of nitrogens with one attached hydrogen (secondary N) is 1. The quantitative estimate of drug-likeness (QED) is 0.917. The van der Waals surface area contributed by atoms with Gasteiger partial charge in [0.05, 0.1) is 10.7 Å². The third kappa shape index (κ3) is 3.03. The van der Waals surface area contributed by atoms with Gasteiger partial charge in [0.1, 0.15) is 10.7 Å². The first kappa shape index (κ1) is 15.0. The number of anilines is 1. The molecule has 2 aromatic rings. The van der Waals surface area contributed by atoms with Crippen LogP contribution in [-0.2, 0) is 10.0 Å². The van der Waals surface area contributed by atoms with E-state index in [1.165, 1.54) is 24.3 Å². The van der Waals surface area contributed by atoms with Gasteiger partial charge < -0.3 is 0 Å². The largest absolute Gasteiger partial charge is 0.277 e. The predicted octanol–water partition coefficient (Wildman–Crippen LogP) is 4.07. The lowest BCUT2D eigenvalue weighted by molar-refractivity contribution is 0.569. The summed E-state index contributed by atoms with van der Waals surface area (Å²) in [5, 5.41) is -0.197. The van der Waals surface area contributed by atoms with E-state index in [1.54, 1.807) is 0 Å². The van der Waals surface area contributed by atoms with E-state index in [0.29, 0.717) is 0 Å².